The van der Waals surface area contributed by atoms with E-state index in [1.54, 1.807) is 54.6 Å². The van der Waals surface area contributed by atoms with Gasteiger partial charge in [0.25, 0.3) is 5.91 Å². The van der Waals surface area contributed by atoms with Crippen LogP contribution in [0.15, 0.2) is 60.8 Å². The lowest BCUT2D eigenvalue weighted by atomic mass is 10.2. The van der Waals surface area contributed by atoms with Crippen molar-refractivity contribution in [2.75, 3.05) is 10.6 Å². The molecule has 0 atom stereocenters. The first-order valence-corrected chi connectivity index (χ1v) is 8.31. The van der Waals surface area contributed by atoms with Crippen LogP contribution < -0.4 is 10.6 Å². The third-order valence-electron chi connectivity index (χ3n) is 3.52. The minimum Gasteiger partial charge on any atom is -0.354 e. The summed E-state index contributed by atoms with van der Waals surface area (Å²) < 4.78 is 0. The summed E-state index contributed by atoms with van der Waals surface area (Å²) in [7, 11) is 0. The topological polar surface area (TPSA) is 77.8 Å². The number of pyridine rings is 1. The molecule has 0 saturated heterocycles. The second kappa shape index (κ2) is 7.87. The van der Waals surface area contributed by atoms with Gasteiger partial charge in [-0.3, -0.25) is 9.78 Å². The fourth-order valence-electron chi connectivity index (χ4n) is 2.26. The number of amides is 1. The molecule has 0 aliphatic heterocycles. The molecule has 128 valence electrons. The Morgan fingerprint density at radius 2 is 1.81 bits per heavy atom. The van der Waals surface area contributed by atoms with Gasteiger partial charge in [0.1, 0.15) is 11.8 Å². The van der Waals surface area contributed by atoms with Gasteiger partial charge in [-0.2, -0.15) is 5.26 Å². The van der Waals surface area contributed by atoms with Crippen molar-refractivity contribution in [1.29, 1.82) is 5.26 Å². The maximum absolute atomic E-state index is 12.4. The fraction of sp³-hybridized carbons (Fsp3) is 0. The number of anilines is 3. The highest BCUT2D eigenvalue weighted by molar-refractivity contribution is 6.43. The standard InChI is InChI=1S/C19H12Cl2N4O/c20-14-5-3-7-16(18(14)21)24-13-8-9-23-17(10-13)19(26)25-15-6-2-1-4-12(15)11-22/h1-10H,(H,23,24)(H,25,26). The number of nitrogens with one attached hydrogen (secondary N) is 2. The van der Waals surface area contributed by atoms with Crippen molar-refractivity contribution >= 4 is 46.2 Å². The van der Waals surface area contributed by atoms with E-state index in [-0.39, 0.29) is 5.69 Å². The summed E-state index contributed by atoms with van der Waals surface area (Å²) >= 11 is 12.2. The molecule has 0 radical (unpaired) electrons. The van der Waals surface area contributed by atoms with Crippen LogP contribution in [0, 0.1) is 11.3 Å². The number of rotatable bonds is 4. The van der Waals surface area contributed by atoms with Crippen molar-refractivity contribution in [2.45, 2.75) is 0 Å². The number of nitrogens with zero attached hydrogens (tertiary/aromatic N) is 2. The summed E-state index contributed by atoms with van der Waals surface area (Å²) in [5, 5.41) is 15.7. The van der Waals surface area contributed by atoms with E-state index in [1.165, 1.54) is 6.20 Å². The smallest absolute Gasteiger partial charge is 0.274 e. The molecule has 3 aromatic rings. The van der Waals surface area contributed by atoms with E-state index in [2.05, 4.69) is 15.6 Å². The molecular formula is C19H12Cl2N4O. The van der Waals surface area contributed by atoms with Crippen LogP contribution in [0.25, 0.3) is 0 Å². The minimum absolute atomic E-state index is 0.195. The van der Waals surface area contributed by atoms with E-state index >= 15 is 0 Å². The summed E-state index contributed by atoms with van der Waals surface area (Å²) in [6.07, 6.45) is 1.51. The SMILES string of the molecule is N#Cc1ccccc1NC(=O)c1cc(Nc2cccc(Cl)c2Cl)ccn1. The first-order chi connectivity index (χ1) is 12.6. The van der Waals surface area contributed by atoms with Gasteiger partial charge in [-0.15, -0.1) is 0 Å². The van der Waals surface area contributed by atoms with Gasteiger partial charge in [0.05, 0.1) is 27.0 Å². The molecule has 0 bridgehead atoms. The number of nitriles is 1. The zero-order valence-corrected chi connectivity index (χ0v) is 14.8. The Kier molecular flexibility index (Phi) is 5.37. The van der Waals surface area contributed by atoms with Crippen LogP contribution in [0.1, 0.15) is 16.1 Å². The number of benzene rings is 2. The molecule has 1 aromatic heterocycles. The lowest BCUT2D eigenvalue weighted by Crippen LogP contribution is -2.14. The number of carbonyl (C=O) groups excluding carboxylic acids is 1. The predicted molar refractivity (Wildman–Crippen MR) is 103 cm³/mol. The van der Waals surface area contributed by atoms with Crippen LogP contribution in [0.4, 0.5) is 17.1 Å². The zero-order chi connectivity index (χ0) is 18.5. The van der Waals surface area contributed by atoms with E-state index in [0.29, 0.717) is 32.7 Å². The van der Waals surface area contributed by atoms with E-state index in [4.69, 9.17) is 28.5 Å². The second-order valence-corrected chi connectivity index (χ2v) is 6.05. The van der Waals surface area contributed by atoms with Crippen molar-refractivity contribution < 1.29 is 4.79 Å². The van der Waals surface area contributed by atoms with Gasteiger partial charge < -0.3 is 10.6 Å². The molecule has 1 heterocycles. The van der Waals surface area contributed by atoms with Gasteiger partial charge in [0.15, 0.2) is 0 Å². The van der Waals surface area contributed by atoms with E-state index < -0.39 is 5.91 Å². The molecule has 0 spiro atoms. The van der Waals surface area contributed by atoms with Crippen LogP contribution in [-0.4, -0.2) is 10.9 Å². The lowest BCUT2D eigenvalue weighted by Gasteiger charge is -2.11. The largest absolute Gasteiger partial charge is 0.354 e. The molecule has 1 amide bonds. The van der Waals surface area contributed by atoms with Crippen LogP contribution in [-0.2, 0) is 0 Å². The molecule has 5 nitrogen and oxygen atoms in total. The Bertz CT molecular complexity index is 1010. The first-order valence-electron chi connectivity index (χ1n) is 7.56. The molecule has 26 heavy (non-hydrogen) atoms. The molecule has 0 aliphatic carbocycles. The Morgan fingerprint density at radius 3 is 2.62 bits per heavy atom. The Hall–Kier alpha value is -3.07. The quantitative estimate of drug-likeness (QED) is 0.645. The fourth-order valence-corrected chi connectivity index (χ4v) is 2.61. The highest BCUT2D eigenvalue weighted by Gasteiger charge is 2.12. The second-order valence-electron chi connectivity index (χ2n) is 5.27. The number of hydrogen-bond acceptors (Lipinski definition) is 4. The zero-order valence-electron chi connectivity index (χ0n) is 13.3. The Balaban J connectivity index is 1.82. The normalized spacial score (nSPS) is 10.0. The average Bonchev–Trinajstić information content (AvgIpc) is 2.66. The van der Waals surface area contributed by atoms with Gasteiger partial charge in [-0.1, -0.05) is 41.4 Å². The van der Waals surface area contributed by atoms with Crippen LogP contribution in [0.5, 0.6) is 0 Å². The van der Waals surface area contributed by atoms with Crippen LogP contribution in [0.2, 0.25) is 10.0 Å². The molecule has 0 aliphatic rings. The minimum atomic E-state index is -0.423. The molecule has 0 unspecified atom stereocenters. The van der Waals surface area contributed by atoms with Gasteiger partial charge in [-0.25, -0.2) is 0 Å². The maximum atomic E-state index is 12.4. The van der Waals surface area contributed by atoms with Crippen molar-refractivity contribution in [3.63, 3.8) is 0 Å². The van der Waals surface area contributed by atoms with Crippen molar-refractivity contribution in [3.8, 4) is 6.07 Å². The first kappa shape index (κ1) is 17.7. The van der Waals surface area contributed by atoms with Gasteiger partial charge in [0, 0.05) is 11.9 Å². The summed E-state index contributed by atoms with van der Waals surface area (Å²) in [4.78, 5) is 16.5. The van der Waals surface area contributed by atoms with Gasteiger partial charge in [-0.05, 0) is 36.4 Å². The molecule has 2 aromatic carbocycles. The van der Waals surface area contributed by atoms with Crippen LogP contribution >= 0.6 is 23.2 Å². The number of para-hydroxylation sites is 1. The van der Waals surface area contributed by atoms with Gasteiger partial charge >= 0.3 is 0 Å². The molecular weight excluding hydrogens is 371 g/mol. The summed E-state index contributed by atoms with van der Waals surface area (Å²) in [5.41, 5.74) is 2.24. The predicted octanol–water partition coefficient (Wildman–Crippen LogP) is 5.26. The number of carbonyl (C=O) groups is 1. The van der Waals surface area contributed by atoms with E-state index in [1.807, 2.05) is 6.07 Å². The maximum Gasteiger partial charge on any atom is 0.274 e. The monoisotopic (exact) mass is 382 g/mol. The molecule has 0 fully saturated rings. The van der Waals surface area contributed by atoms with Crippen molar-refractivity contribution in [2.24, 2.45) is 0 Å². The Morgan fingerprint density at radius 1 is 1.04 bits per heavy atom. The Labute approximate surface area is 160 Å². The highest BCUT2D eigenvalue weighted by atomic mass is 35.5. The van der Waals surface area contributed by atoms with E-state index in [9.17, 15) is 4.79 Å². The highest BCUT2D eigenvalue weighted by Crippen LogP contribution is 2.31. The molecule has 0 saturated carbocycles. The third-order valence-corrected chi connectivity index (χ3v) is 4.34. The summed E-state index contributed by atoms with van der Waals surface area (Å²) in [5.74, 6) is -0.423. The molecule has 2 N–H and O–H groups in total. The summed E-state index contributed by atoms with van der Waals surface area (Å²) in [6, 6.07) is 17.3. The van der Waals surface area contributed by atoms with Crippen molar-refractivity contribution in [3.05, 3.63) is 82.1 Å². The average molecular weight is 383 g/mol. The van der Waals surface area contributed by atoms with Crippen LogP contribution in [0.3, 0.4) is 0 Å². The third kappa shape index (κ3) is 3.94. The summed E-state index contributed by atoms with van der Waals surface area (Å²) in [6.45, 7) is 0. The van der Waals surface area contributed by atoms with Crippen molar-refractivity contribution in [1.82, 2.24) is 4.98 Å². The number of halogens is 2. The molecule has 7 heteroatoms. The van der Waals surface area contributed by atoms with Gasteiger partial charge in [0.2, 0.25) is 0 Å². The lowest BCUT2D eigenvalue weighted by molar-refractivity contribution is 0.102. The molecule has 3 rings (SSSR count). The van der Waals surface area contributed by atoms with E-state index in [0.717, 1.165) is 0 Å². The number of aromatic nitrogens is 1. The number of hydrogen-bond donors (Lipinski definition) is 2.